The number of carbonyl (C=O) groups is 1. The number of hydrogen-bond donors (Lipinski definition) is 2. The predicted molar refractivity (Wildman–Crippen MR) is 130 cm³/mol. The highest BCUT2D eigenvalue weighted by Crippen LogP contribution is 2.39. The summed E-state index contributed by atoms with van der Waals surface area (Å²) in [4.78, 5) is 30.2. The molecule has 0 bridgehead atoms. The lowest BCUT2D eigenvalue weighted by Gasteiger charge is -2.26. The van der Waals surface area contributed by atoms with E-state index in [4.69, 9.17) is 4.52 Å². The molecule has 0 spiro atoms. The first-order chi connectivity index (χ1) is 17.2. The van der Waals surface area contributed by atoms with Crippen LogP contribution in [-0.4, -0.2) is 35.5 Å². The van der Waals surface area contributed by atoms with Gasteiger partial charge in [0.25, 0.3) is 11.5 Å². The van der Waals surface area contributed by atoms with Crippen LogP contribution in [0.2, 0.25) is 0 Å². The number of carbonyl (C=O) groups excluding carboxylic acids is 1. The van der Waals surface area contributed by atoms with Crippen LogP contribution in [0.1, 0.15) is 71.7 Å². The quantitative estimate of drug-likeness (QED) is 0.403. The van der Waals surface area contributed by atoms with E-state index in [0.717, 1.165) is 11.1 Å². The fraction of sp³-hybridized carbons (Fsp3) is 0.280. The van der Waals surface area contributed by atoms with Crippen LogP contribution in [0.5, 0.6) is 5.75 Å². The summed E-state index contributed by atoms with van der Waals surface area (Å²) in [5, 5.41) is 30.7. The largest absolute Gasteiger partial charge is 0.501 e. The maximum Gasteiger partial charge on any atom is 0.296 e. The number of benzene rings is 1. The van der Waals surface area contributed by atoms with E-state index < -0.39 is 34.7 Å². The summed E-state index contributed by atoms with van der Waals surface area (Å²) in [6, 6.07) is 9.55. The maximum atomic E-state index is 12.9. The summed E-state index contributed by atoms with van der Waals surface area (Å²) >= 11 is 0. The van der Waals surface area contributed by atoms with Gasteiger partial charge in [-0.1, -0.05) is 30.3 Å². The van der Waals surface area contributed by atoms with Crippen molar-refractivity contribution in [2.24, 2.45) is 7.05 Å². The van der Waals surface area contributed by atoms with Crippen LogP contribution in [0.4, 0.5) is 5.69 Å². The Morgan fingerprint density at radius 2 is 1.97 bits per heavy atom. The number of anilines is 1. The van der Waals surface area contributed by atoms with Crippen LogP contribution in [0, 0.1) is 11.3 Å². The topological polar surface area (TPSA) is 152 Å². The monoisotopic (exact) mass is 487 g/mol. The Labute approximate surface area is 206 Å². The van der Waals surface area contributed by atoms with Gasteiger partial charge >= 0.3 is 0 Å². The lowest BCUT2D eigenvalue weighted by Crippen LogP contribution is -2.29. The second-order valence-electron chi connectivity index (χ2n) is 8.71. The van der Waals surface area contributed by atoms with Crippen molar-refractivity contribution >= 4 is 11.6 Å². The summed E-state index contributed by atoms with van der Waals surface area (Å²) in [7, 11) is 1.48. The van der Waals surface area contributed by atoms with E-state index in [-0.39, 0.29) is 17.6 Å². The Morgan fingerprint density at radius 3 is 2.61 bits per heavy atom. The molecule has 36 heavy (non-hydrogen) atoms. The third-order valence-corrected chi connectivity index (χ3v) is 6.04. The van der Waals surface area contributed by atoms with E-state index >= 15 is 0 Å². The van der Waals surface area contributed by atoms with Crippen molar-refractivity contribution in [3.05, 3.63) is 87.7 Å². The lowest BCUT2D eigenvalue weighted by atomic mass is 9.80. The molecule has 2 N–H and O–H groups in total. The minimum Gasteiger partial charge on any atom is -0.501 e. The Morgan fingerprint density at radius 1 is 1.22 bits per heavy atom. The lowest BCUT2D eigenvalue weighted by molar-refractivity contribution is 0.101. The average Bonchev–Trinajstić information content (AvgIpc) is 3.56. The second-order valence-corrected chi connectivity index (χ2v) is 8.71. The number of nitrogens with one attached hydrogen (secondary N) is 1. The molecule has 0 aliphatic carbocycles. The van der Waals surface area contributed by atoms with E-state index in [1.54, 1.807) is 18.3 Å². The second kappa shape index (κ2) is 9.87. The smallest absolute Gasteiger partial charge is 0.296 e. The van der Waals surface area contributed by atoms with Gasteiger partial charge in [-0.25, -0.2) is 4.98 Å². The molecule has 4 rings (SSSR count). The zero-order chi connectivity index (χ0) is 26.0. The first kappa shape index (κ1) is 24.4. The zero-order valence-electron chi connectivity index (χ0n) is 20.2. The van der Waals surface area contributed by atoms with Crippen LogP contribution in [0.25, 0.3) is 0 Å². The minimum absolute atomic E-state index is 0.116. The van der Waals surface area contributed by atoms with E-state index in [9.17, 15) is 20.0 Å². The molecular weight excluding hydrogens is 462 g/mol. The van der Waals surface area contributed by atoms with Crippen molar-refractivity contribution in [2.75, 3.05) is 5.32 Å². The van der Waals surface area contributed by atoms with Crippen molar-refractivity contribution in [3.8, 4) is 11.8 Å². The van der Waals surface area contributed by atoms with Gasteiger partial charge in [0.1, 0.15) is 17.8 Å². The first-order valence-electron chi connectivity index (χ1n) is 11.3. The standard InChI is InChI=1S/C25H25N7O4/c1-14(2)32-12-17(10-27-32)20(19-8-6-5-7-16(19)9-26)15(3)23-30-21(22(33)25(35)31(23)4)24(34)29-18-11-28-36-13-18/h5-8,10-15,20,33H,1-4H3,(H,29,34)/t15-,20-/m1/s1. The van der Waals surface area contributed by atoms with Gasteiger partial charge in [0.15, 0.2) is 5.69 Å². The molecule has 1 amide bonds. The number of aromatic nitrogens is 5. The normalized spacial score (nSPS) is 12.8. The van der Waals surface area contributed by atoms with E-state index in [2.05, 4.69) is 26.6 Å². The molecule has 4 aromatic rings. The summed E-state index contributed by atoms with van der Waals surface area (Å²) < 4.78 is 7.73. The molecule has 184 valence electrons. The molecule has 11 heteroatoms. The van der Waals surface area contributed by atoms with Crippen LogP contribution in [0.15, 0.2) is 58.4 Å². The van der Waals surface area contributed by atoms with Gasteiger partial charge < -0.3 is 14.9 Å². The fourth-order valence-electron chi connectivity index (χ4n) is 4.18. The van der Waals surface area contributed by atoms with E-state index in [1.165, 1.54) is 24.1 Å². The van der Waals surface area contributed by atoms with Crippen molar-refractivity contribution < 1.29 is 14.4 Å². The zero-order valence-corrected chi connectivity index (χ0v) is 20.2. The molecule has 11 nitrogen and oxygen atoms in total. The van der Waals surface area contributed by atoms with Crippen LogP contribution < -0.4 is 10.9 Å². The molecule has 3 heterocycles. The van der Waals surface area contributed by atoms with E-state index in [1.807, 2.05) is 43.8 Å². The Hall–Kier alpha value is -4.72. The number of nitriles is 1. The minimum atomic E-state index is -0.788. The third-order valence-electron chi connectivity index (χ3n) is 6.04. The average molecular weight is 488 g/mol. The fourth-order valence-corrected chi connectivity index (χ4v) is 4.18. The van der Waals surface area contributed by atoms with Gasteiger partial charge in [-0.2, -0.15) is 10.4 Å². The molecule has 0 fully saturated rings. The molecule has 0 aliphatic rings. The highest BCUT2D eigenvalue weighted by Gasteiger charge is 2.31. The van der Waals surface area contributed by atoms with Gasteiger partial charge in [-0.05, 0) is 31.0 Å². The van der Waals surface area contributed by atoms with Crippen molar-refractivity contribution in [1.82, 2.24) is 24.5 Å². The Balaban J connectivity index is 1.86. The summed E-state index contributed by atoms with van der Waals surface area (Å²) in [6.07, 6.45) is 6.12. The first-order valence-corrected chi connectivity index (χ1v) is 11.3. The molecule has 0 saturated carbocycles. The van der Waals surface area contributed by atoms with Crippen molar-refractivity contribution in [3.63, 3.8) is 0 Å². The van der Waals surface area contributed by atoms with Crippen molar-refractivity contribution in [2.45, 2.75) is 38.6 Å². The number of aromatic hydroxyl groups is 1. The third kappa shape index (κ3) is 4.48. The summed E-state index contributed by atoms with van der Waals surface area (Å²) in [6.45, 7) is 5.86. The van der Waals surface area contributed by atoms with Crippen molar-refractivity contribution in [1.29, 1.82) is 5.26 Å². The number of amides is 1. The highest BCUT2D eigenvalue weighted by molar-refractivity contribution is 6.04. The molecule has 0 radical (unpaired) electrons. The molecule has 1 aromatic carbocycles. The van der Waals surface area contributed by atoms with Gasteiger partial charge in [0.2, 0.25) is 5.75 Å². The molecule has 0 saturated heterocycles. The Kier molecular flexibility index (Phi) is 6.69. The molecule has 0 aliphatic heterocycles. The molecular formula is C25H25N7O4. The number of nitrogens with zero attached hydrogens (tertiary/aromatic N) is 6. The number of rotatable bonds is 7. The Bertz CT molecular complexity index is 1500. The maximum absolute atomic E-state index is 12.9. The summed E-state index contributed by atoms with van der Waals surface area (Å²) in [5.74, 6) is -2.23. The van der Waals surface area contributed by atoms with Gasteiger partial charge in [0.05, 0.1) is 24.0 Å². The highest BCUT2D eigenvalue weighted by atomic mass is 16.5. The molecule has 3 aromatic heterocycles. The number of hydrogen-bond acceptors (Lipinski definition) is 8. The van der Waals surface area contributed by atoms with Gasteiger partial charge in [-0.15, -0.1) is 0 Å². The van der Waals surface area contributed by atoms with Crippen LogP contribution >= 0.6 is 0 Å². The molecule has 0 unspecified atom stereocenters. The van der Waals surface area contributed by atoms with Gasteiger partial charge in [0, 0.05) is 31.1 Å². The van der Waals surface area contributed by atoms with E-state index in [0.29, 0.717) is 5.56 Å². The van der Waals surface area contributed by atoms with Crippen LogP contribution in [-0.2, 0) is 7.05 Å². The SMILES string of the molecule is CC(C)n1cc([C@H](c2ccccc2C#N)[C@@H](C)c2nc(C(=O)Nc3cnoc3)c(O)c(=O)n2C)cn1. The predicted octanol–water partition coefficient (Wildman–Crippen LogP) is 3.31. The van der Waals surface area contributed by atoms with Gasteiger partial charge in [-0.3, -0.25) is 18.8 Å². The molecule has 2 atom stereocenters. The summed E-state index contributed by atoms with van der Waals surface area (Å²) in [5.41, 5.74) is 1.07. The van der Waals surface area contributed by atoms with Crippen LogP contribution in [0.3, 0.4) is 0 Å².